The summed E-state index contributed by atoms with van der Waals surface area (Å²) >= 11 is 0. The van der Waals surface area contributed by atoms with Crippen molar-refractivity contribution in [3.8, 4) is 16.9 Å². The minimum atomic E-state index is -0.211. The zero-order chi connectivity index (χ0) is 15.9. The van der Waals surface area contributed by atoms with Gasteiger partial charge in [0.25, 0.3) is 0 Å². The average molecular weight is 301 g/mol. The number of halogens is 1. The van der Waals surface area contributed by atoms with Gasteiger partial charge >= 0.3 is 0 Å². The van der Waals surface area contributed by atoms with E-state index in [4.69, 9.17) is 10.5 Å². The number of hydrogen-bond acceptors (Lipinski definition) is 2. The lowest BCUT2D eigenvalue weighted by molar-refractivity contribution is 0.305. The lowest BCUT2D eigenvalue weighted by atomic mass is 9.96. The highest BCUT2D eigenvalue weighted by Crippen LogP contribution is 2.31. The molecule has 0 aliphatic carbocycles. The third-order valence-corrected chi connectivity index (χ3v) is 3.80. The van der Waals surface area contributed by atoms with Crippen LogP contribution in [-0.4, -0.2) is 13.2 Å². The predicted molar refractivity (Wildman–Crippen MR) is 89.7 cm³/mol. The Hall–Kier alpha value is -1.87. The second-order valence-electron chi connectivity index (χ2n) is 5.48. The van der Waals surface area contributed by atoms with Crippen molar-refractivity contribution in [1.82, 2.24) is 0 Å². The van der Waals surface area contributed by atoms with Crippen molar-refractivity contribution < 1.29 is 9.13 Å². The fourth-order valence-corrected chi connectivity index (χ4v) is 2.51. The molecule has 0 saturated carbocycles. The van der Waals surface area contributed by atoms with Gasteiger partial charge in [0.15, 0.2) is 0 Å². The fourth-order valence-electron chi connectivity index (χ4n) is 2.51. The highest BCUT2D eigenvalue weighted by Gasteiger charge is 2.09. The molecule has 0 aliphatic rings. The highest BCUT2D eigenvalue weighted by molar-refractivity contribution is 5.69. The molecule has 0 radical (unpaired) electrons. The number of rotatable bonds is 7. The molecule has 0 fully saturated rings. The third-order valence-electron chi connectivity index (χ3n) is 3.80. The van der Waals surface area contributed by atoms with E-state index in [1.165, 1.54) is 17.7 Å². The first kappa shape index (κ1) is 16.5. The molecule has 2 aromatic carbocycles. The van der Waals surface area contributed by atoms with Crippen LogP contribution in [0.3, 0.4) is 0 Å². The van der Waals surface area contributed by atoms with Gasteiger partial charge in [-0.25, -0.2) is 4.39 Å². The number of unbranched alkanes of at least 4 members (excludes halogenated alkanes) is 1. The van der Waals surface area contributed by atoms with Crippen molar-refractivity contribution in [2.75, 3.05) is 13.2 Å². The molecule has 2 aromatic rings. The van der Waals surface area contributed by atoms with Gasteiger partial charge in [0.2, 0.25) is 0 Å². The summed E-state index contributed by atoms with van der Waals surface area (Å²) in [6.07, 6.45) is 2.85. The van der Waals surface area contributed by atoms with E-state index in [1.807, 2.05) is 12.1 Å². The van der Waals surface area contributed by atoms with Gasteiger partial charge in [-0.15, -0.1) is 0 Å². The Morgan fingerprint density at radius 1 is 1.09 bits per heavy atom. The number of aryl methyl sites for hydroxylation is 2. The highest BCUT2D eigenvalue weighted by atomic mass is 19.1. The maximum Gasteiger partial charge on any atom is 0.123 e. The van der Waals surface area contributed by atoms with E-state index in [0.717, 1.165) is 41.7 Å². The SMILES string of the molecule is CCc1cc(-c2ccc(F)cc2)c(C)cc1OCCCCN. The van der Waals surface area contributed by atoms with Crippen molar-refractivity contribution in [3.05, 3.63) is 53.3 Å². The van der Waals surface area contributed by atoms with Gasteiger partial charge in [0.05, 0.1) is 6.61 Å². The summed E-state index contributed by atoms with van der Waals surface area (Å²) in [5.74, 6) is 0.736. The van der Waals surface area contributed by atoms with Crippen LogP contribution in [0.4, 0.5) is 4.39 Å². The van der Waals surface area contributed by atoms with Gasteiger partial charge in [-0.2, -0.15) is 0 Å². The number of benzene rings is 2. The monoisotopic (exact) mass is 301 g/mol. The quantitative estimate of drug-likeness (QED) is 0.765. The van der Waals surface area contributed by atoms with E-state index in [9.17, 15) is 4.39 Å². The molecule has 2 nitrogen and oxygen atoms in total. The van der Waals surface area contributed by atoms with E-state index in [2.05, 4.69) is 26.0 Å². The molecule has 22 heavy (non-hydrogen) atoms. The van der Waals surface area contributed by atoms with Crippen LogP contribution in [0, 0.1) is 12.7 Å². The van der Waals surface area contributed by atoms with Crippen LogP contribution in [0.15, 0.2) is 36.4 Å². The first-order valence-corrected chi connectivity index (χ1v) is 7.88. The molecule has 0 aliphatic heterocycles. The summed E-state index contributed by atoms with van der Waals surface area (Å²) in [5, 5.41) is 0. The number of ether oxygens (including phenoxy) is 1. The van der Waals surface area contributed by atoms with Crippen molar-refractivity contribution in [3.63, 3.8) is 0 Å². The largest absolute Gasteiger partial charge is 0.493 e. The minimum absolute atomic E-state index is 0.211. The molecular weight excluding hydrogens is 277 g/mol. The van der Waals surface area contributed by atoms with E-state index < -0.39 is 0 Å². The summed E-state index contributed by atoms with van der Waals surface area (Å²) in [7, 11) is 0. The first-order chi connectivity index (χ1) is 10.7. The maximum absolute atomic E-state index is 13.1. The molecule has 3 heteroatoms. The molecule has 118 valence electrons. The molecule has 2 rings (SSSR count). The normalized spacial score (nSPS) is 10.7. The molecule has 0 aromatic heterocycles. The summed E-state index contributed by atoms with van der Waals surface area (Å²) in [5.41, 5.74) is 9.98. The standard InChI is InChI=1S/C19H24FNO/c1-3-15-13-18(16-6-8-17(20)9-7-16)14(2)12-19(15)22-11-5-4-10-21/h6-9,12-13H,3-5,10-11,21H2,1-2H3. The van der Waals surface area contributed by atoms with Crippen LogP contribution >= 0.6 is 0 Å². The molecule has 0 heterocycles. The zero-order valence-electron chi connectivity index (χ0n) is 13.4. The maximum atomic E-state index is 13.1. The molecule has 0 saturated heterocycles. The van der Waals surface area contributed by atoms with E-state index in [1.54, 1.807) is 0 Å². The molecule has 0 amide bonds. The molecule has 0 spiro atoms. The van der Waals surface area contributed by atoms with Crippen LogP contribution < -0.4 is 10.5 Å². The Bertz CT molecular complexity index is 608. The summed E-state index contributed by atoms with van der Waals surface area (Å²) < 4.78 is 19.0. The van der Waals surface area contributed by atoms with Crippen molar-refractivity contribution in [2.24, 2.45) is 5.73 Å². The van der Waals surface area contributed by atoms with Gasteiger partial charge in [0, 0.05) is 0 Å². The van der Waals surface area contributed by atoms with Crippen LogP contribution in [0.1, 0.15) is 30.9 Å². The topological polar surface area (TPSA) is 35.2 Å². The summed E-state index contributed by atoms with van der Waals surface area (Å²) in [6, 6.07) is 10.9. The van der Waals surface area contributed by atoms with Gasteiger partial charge in [-0.1, -0.05) is 19.1 Å². The molecule has 0 bridgehead atoms. The number of hydrogen-bond donors (Lipinski definition) is 1. The zero-order valence-corrected chi connectivity index (χ0v) is 13.4. The van der Waals surface area contributed by atoms with E-state index >= 15 is 0 Å². The van der Waals surface area contributed by atoms with Gasteiger partial charge < -0.3 is 10.5 Å². The lowest BCUT2D eigenvalue weighted by Crippen LogP contribution is -2.05. The molecule has 2 N–H and O–H groups in total. The summed E-state index contributed by atoms with van der Waals surface area (Å²) in [4.78, 5) is 0. The Kier molecular flexibility index (Phi) is 5.96. The van der Waals surface area contributed by atoms with Crippen molar-refractivity contribution >= 4 is 0 Å². The van der Waals surface area contributed by atoms with Gasteiger partial charge in [0.1, 0.15) is 11.6 Å². The minimum Gasteiger partial charge on any atom is -0.493 e. The molecule has 0 atom stereocenters. The van der Waals surface area contributed by atoms with Crippen molar-refractivity contribution in [2.45, 2.75) is 33.1 Å². The number of nitrogens with two attached hydrogens (primary N) is 1. The van der Waals surface area contributed by atoms with Crippen LogP contribution in [0.2, 0.25) is 0 Å². The Morgan fingerprint density at radius 2 is 1.82 bits per heavy atom. The first-order valence-electron chi connectivity index (χ1n) is 7.88. The van der Waals surface area contributed by atoms with Crippen LogP contribution in [0.5, 0.6) is 5.75 Å². The van der Waals surface area contributed by atoms with Gasteiger partial charge in [-0.05, 0) is 79.3 Å². The Labute approximate surface area is 132 Å². The smallest absolute Gasteiger partial charge is 0.123 e. The second-order valence-corrected chi connectivity index (χ2v) is 5.48. The average Bonchev–Trinajstić information content (AvgIpc) is 2.53. The third kappa shape index (κ3) is 4.08. The Balaban J connectivity index is 2.24. The van der Waals surface area contributed by atoms with Crippen molar-refractivity contribution in [1.29, 1.82) is 0 Å². The summed E-state index contributed by atoms with van der Waals surface area (Å²) in [6.45, 7) is 5.57. The fraction of sp³-hybridized carbons (Fsp3) is 0.368. The van der Waals surface area contributed by atoms with E-state index in [-0.39, 0.29) is 5.82 Å². The second kappa shape index (κ2) is 7.95. The van der Waals surface area contributed by atoms with E-state index in [0.29, 0.717) is 13.2 Å². The Morgan fingerprint density at radius 3 is 2.45 bits per heavy atom. The van der Waals surface area contributed by atoms with Crippen LogP contribution in [0.25, 0.3) is 11.1 Å². The molecule has 0 unspecified atom stereocenters. The predicted octanol–water partition coefficient (Wildman–Crippen LogP) is 4.48. The lowest BCUT2D eigenvalue weighted by Gasteiger charge is -2.15. The molecular formula is C19H24FNO. The van der Waals surface area contributed by atoms with Gasteiger partial charge in [-0.3, -0.25) is 0 Å². The van der Waals surface area contributed by atoms with Crippen LogP contribution in [-0.2, 0) is 6.42 Å².